The summed E-state index contributed by atoms with van der Waals surface area (Å²) in [4.78, 5) is 29.0. The molecule has 5 rings (SSSR count). The summed E-state index contributed by atoms with van der Waals surface area (Å²) < 4.78 is 40.6. The first kappa shape index (κ1) is 26.0. The number of carbonyl (C=O) groups excluding carboxylic acids is 2. The highest BCUT2D eigenvalue weighted by Gasteiger charge is 2.31. The van der Waals surface area contributed by atoms with E-state index in [0.717, 1.165) is 29.6 Å². The lowest BCUT2D eigenvalue weighted by Crippen LogP contribution is -2.15. The average Bonchev–Trinajstić information content (AvgIpc) is 3.16. The van der Waals surface area contributed by atoms with Crippen molar-refractivity contribution in [3.05, 3.63) is 88.6 Å². The highest BCUT2D eigenvalue weighted by Crippen LogP contribution is 2.35. The number of nitrogens with one attached hydrogen (secondary N) is 2. The van der Waals surface area contributed by atoms with Crippen LogP contribution >= 0.6 is 0 Å². The van der Waals surface area contributed by atoms with Gasteiger partial charge in [0.15, 0.2) is 0 Å². The fraction of sp³-hybridized carbons (Fsp3) is 0.214. The molecule has 200 valence electrons. The molecule has 2 aromatic carbocycles. The van der Waals surface area contributed by atoms with Crippen LogP contribution < -0.4 is 16.4 Å². The van der Waals surface area contributed by atoms with Crippen LogP contribution in [-0.4, -0.2) is 26.6 Å². The lowest BCUT2D eigenvalue weighted by atomic mass is 9.98. The quantitative estimate of drug-likeness (QED) is 0.302. The van der Waals surface area contributed by atoms with Crippen LogP contribution in [0, 0.1) is 0 Å². The number of rotatable bonds is 5. The molecule has 0 unspecified atom stereocenters. The molecule has 0 saturated heterocycles. The second-order valence-corrected chi connectivity index (χ2v) is 9.56. The molecule has 8 nitrogen and oxygen atoms in total. The Balaban J connectivity index is 1.41. The number of nitrogens with zero attached hydrogens (tertiary/aromatic N) is 3. The van der Waals surface area contributed by atoms with Crippen molar-refractivity contribution in [3.8, 4) is 11.3 Å². The normalized spacial score (nSPS) is 12.8. The Morgan fingerprint density at radius 2 is 1.82 bits per heavy atom. The molecular formula is C28H25F3N6O2. The molecule has 2 aromatic heterocycles. The summed E-state index contributed by atoms with van der Waals surface area (Å²) in [5.41, 5.74) is 9.40. The number of hydrogen-bond donors (Lipinski definition) is 3. The maximum Gasteiger partial charge on any atom is 0.416 e. The number of amides is 2. The predicted octanol–water partition coefficient (Wildman–Crippen LogP) is 5.74. The van der Waals surface area contributed by atoms with Gasteiger partial charge in [-0.2, -0.15) is 18.3 Å². The van der Waals surface area contributed by atoms with Gasteiger partial charge >= 0.3 is 6.18 Å². The highest BCUT2D eigenvalue weighted by atomic mass is 19.4. The van der Waals surface area contributed by atoms with E-state index < -0.39 is 23.6 Å². The lowest BCUT2D eigenvalue weighted by Gasteiger charge is -2.12. The van der Waals surface area contributed by atoms with Gasteiger partial charge in [-0.05, 0) is 53.8 Å². The molecule has 0 bridgehead atoms. The van der Waals surface area contributed by atoms with Gasteiger partial charge in [0.05, 0.1) is 5.56 Å². The first-order chi connectivity index (χ1) is 18.5. The molecule has 0 fully saturated rings. The van der Waals surface area contributed by atoms with Crippen LogP contribution in [0.1, 0.15) is 57.2 Å². The van der Waals surface area contributed by atoms with Crippen molar-refractivity contribution in [1.82, 2.24) is 14.8 Å². The Labute approximate surface area is 222 Å². The first-order valence-electron chi connectivity index (χ1n) is 12.3. The third-order valence-corrected chi connectivity index (χ3v) is 6.59. The van der Waals surface area contributed by atoms with E-state index in [-0.39, 0.29) is 16.9 Å². The SMILES string of the molecule is CC(C)c1ccc2c(c1)CCn1nc(-c3ccc(C(=O)Nc4cc(C(F)(F)F)ccn4)cc3)c(C(N)=O)c1N2. The Hall–Kier alpha value is -4.67. The standard InChI is InChI=1S/C28H25F3N6O2/c1-15(2)18-7-8-21-19(13-18)10-12-37-26(34-21)23(25(32)38)24(36-37)16-3-5-17(6-4-16)27(39)35-22-14-20(9-11-33-22)28(29,30)31/h3-9,11,13-15,34H,10,12H2,1-2H3,(H2,32,38)(H,33,35,39). The van der Waals surface area contributed by atoms with Crippen LogP contribution in [0.15, 0.2) is 60.8 Å². The van der Waals surface area contributed by atoms with E-state index in [9.17, 15) is 22.8 Å². The monoisotopic (exact) mass is 534 g/mol. The minimum atomic E-state index is -4.56. The van der Waals surface area contributed by atoms with Gasteiger partial charge < -0.3 is 16.4 Å². The molecule has 3 heterocycles. The molecule has 0 aliphatic carbocycles. The Morgan fingerprint density at radius 3 is 2.49 bits per heavy atom. The number of anilines is 3. The molecule has 2 amide bonds. The van der Waals surface area contributed by atoms with E-state index in [1.165, 1.54) is 17.7 Å². The maximum atomic E-state index is 13.0. The van der Waals surface area contributed by atoms with Crippen molar-refractivity contribution < 1.29 is 22.8 Å². The van der Waals surface area contributed by atoms with E-state index in [0.29, 0.717) is 36.0 Å². The largest absolute Gasteiger partial charge is 0.416 e. The topological polar surface area (TPSA) is 115 Å². The van der Waals surface area contributed by atoms with Crippen molar-refractivity contribution >= 4 is 29.1 Å². The molecule has 39 heavy (non-hydrogen) atoms. The zero-order chi connectivity index (χ0) is 27.9. The Morgan fingerprint density at radius 1 is 1.08 bits per heavy atom. The number of carbonyl (C=O) groups is 2. The predicted molar refractivity (Wildman–Crippen MR) is 141 cm³/mol. The van der Waals surface area contributed by atoms with Gasteiger partial charge in [-0.15, -0.1) is 0 Å². The van der Waals surface area contributed by atoms with Crippen LogP contribution in [-0.2, 0) is 19.1 Å². The van der Waals surface area contributed by atoms with E-state index >= 15 is 0 Å². The van der Waals surface area contributed by atoms with Crippen molar-refractivity contribution in [2.24, 2.45) is 5.73 Å². The van der Waals surface area contributed by atoms with Crippen molar-refractivity contribution in [1.29, 1.82) is 0 Å². The van der Waals surface area contributed by atoms with Crippen molar-refractivity contribution in [2.75, 3.05) is 10.6 Å². The minimum Gasteiger partial charge on any atom is -0.365 e. The summed E-state index contributed by atoms with van der Waals surface area (Å²) in [7, 11) is 0. The van der Waals surface area contributed by atoms with E-state index in [2.05, 4.69) is 40.6 Å². The van der Waals surface area contributed by atoms with Crippen LogP contribution in [0.4, 0.5) is 30.5 Å². The Kier molecular flexibility index (Phi) is 6.59. The van der Waals surface area contributed by atoms with Gasteiger partial charge in [0.1, 0.15) is 22.9 Å². The first-order valence-corrected chi connectivity index (χ1v) is 12.3. The van der Waals surface area contributed by atoms with Crippen molar-refractivity contribution in [3.63, 3.8) is 0 Å². The smallest absolute Gasteiger partial charge is 0.365 e. The fourth-order valence-corrected chi connectivity index (χ4v) is 4.48. The Bertz CT molecular complexity index is 1580. The molecule has 4 aromatic rings. The molecule has 0 saturated carbocycles. The van der Waals surface area contributed by atoms with E-state index in [1.807, 2.05) is 12.1 Å². The molecule has 0 spiro atoms. The summed E-state index contributed by atoms with van der Waals surface area (Å²) in [6.45, 7) is 4.79. The third kappa shape index (κ3) is 5.20. The summed E-state index contributed by atoms with van der Waals surface area (Å²) in [5, 5.41) is 10.4. The summed E-state index contributed by atoms with van der Waals surface area (Å²) in [5.74, 6) is -0.637. The minimum absolute atomic E-state index is 0.187. The molecular weight excluding hydrogens is 509 g/mol. The maximum absolute atomic E-state index is 13.0. The van der Waals surface area contributed by atoms with Gasteiger partial charge in [0.2, 0.25) is 0 Å². The van der Waals surface area contributed by atoms with Gasteiger partial charge in [0.25, 0.3) is 11.8 Å². The van der Waals surface area contributed by atoms with Gasteiger partial charge in [0, 0.05) is 29.6 Å². The second-order valence-electron chi connectivity index (χ2n) is 9.56. The molecule has 0 radical (unpaired) electrons. The van der Waals surface area contributed by atoms with Gasteiger partial charge in [-0.3, -0.25) is 9.59 Å². The highest BCUT2D eigenvalue weighted by molar-refractivity contribution is 6.06. The number of nitrogens with two attached hydrogens (primary N) is 1. The van der Waals surface area contributed by atoms with E-state index in [4.69, 9.17) is 5.73 Å². The lowest BCUT2D eigenvalue weighted by molar-refractivity contribution is -0.137. The number of fused-ring (bicyclic) bond motifs is 2. The molecule has 0 atom stereocenters. The molecule has 11 heteroatoms. The molecule has 1 aliphatic heterocycles. The molecule has 1 aliphatic rings. The van der Waals surface area contributed by atoms with Crippen molar-refractivity contribution in [2.45, 2.75) is 38.9 Å². The fourth-order valence-electron chi connectivity index (χ4n) is 4.48. The van der Waals surface area contributed by atoms with E-state index in [1.54, 1.807) is 16.8 Å². The van der Waals surface area contributed by atoms with Crippen LogP contribution in [0.5, 0.6) is 0 Å². The third-order valence-electron chi connectivity index (χ3n) is 6.59. The number of alkyl halides is 3. The number of halogens is 3. The number of benzene rings is 2. The van der Waals surface area contributed by atoms with Gasteiger partial charge in [-0.1, -0.05) is 38.1 Å². The summed E-state index contributed by atoms with van der Waals surface area (Å²) >= 11 is 0. The summed E-state index contributed by atoms with van der Waals surface area (Å²) in [6, 6.07) is 14.0. The number of pyridine rings is 1. The average molecular weight is 535 g/mol. The second kappa shape index (κ2) is 9.90. The molecule has 4 N–H and O–H groups in total. The van der Waals surface area contributed by atoms with Crippen LogP contribution in [0.25, 0.3) is 11.3 Å². The van der Waals surface area contributed by atoms with Gasteiger partial charge in [-0.25, -0.2) is 9.67 Å². The zero-order valence-electron chi connectivity index (χ0n) is 21.1. The number of aryl methyl sites for hydroxylation is 2. The zero-order valence-corrected chi connectivity index (χ0v) is 21.1. The van der Waals surface area contributed by atoms with Crippen LogP contribution in [0.2, 0.25) is 0 Å². The number of hydrogen-bond acceptors (Lipinski definition) is 5. The number of aromatic nitrogens is 3. The summed E-state index contributed by atoms with van der Waals surface area (Å²) in [6.07, 6.45) is -2.87. The number of primary amides is 1. The van der Waals surface area contributed by atoms with Crippen LogP contribution in [0.3, 0.4) is 0 Å².